The van der Waals surface area contributed by atoms with Gasteiger partial charge in [0.2, 0.25) is 0 Å². The summed E-state index contributed by atoms with van der Waals surface area (Å²) < 4.78 is 0. The molecule has 1 aliphatic heterocycles. The van der Waals surface area contributed by atoms with E-state index in [9.17, 15) is 4.79 Å². The number of carboxylic acid groups (broad SMARTS) is 1. The Morgan fingerprint density at radius 1 is 1.25 bits per heavy atom. The number of hydrogen-bond donors (Lipinski definition) is 1. The lowest BCUT2D eigenvalue weighted by atomic mass is 9.96. The van der Waals surface area contributed by atoms with Crippen LogP contribution in [0.4, 0.5) is 0 Å². The average Bonchev–Trinajstić information content (AvgIpc) is 2.99. The van der Waals surface area contributed by atoms with Crippen LogP contribution in [0.2, 0.25) is 0 Å². The molecule has 5 heteroatoms. The lowest BCUT2D eigenvalue weighted by Gasteiger charge is -2.39. The van der Waals surface area contributed by atoms with Gasteiger partial charge in [0.25, 0.3) is 0 Å². The van der Waals surface area contributed by atoms with Crippen molar-refractivity contribution in [2.24, 2.45) is 0 Å². The molecule has 4 nitrogen and oxygen atoms in total. The number of rotatable bonds is 5. The fraction of sp³-hybridized carbons (Fsp3) is 0.474. The predicted molar refractivity (Wildman–Crippen MR) is 97.2 cm³/mol. The van der Waals surface area contributed by atoms with Gasteiger partial charge in [0.15, 0.2) is 0 Å². The van der Waals surface area contributed by atoms with Gasteiger partial charge in [0.05, 0.1) is 12.1 Å². The molecule has 0 radical (unpaired) electrons. The van der Waals surface area contributed by atoms with Gasteiger partial charge in [-0.05, 0) is 32.3 Å². The molecule has 0 aliphatic carbocycles. The zero-order valence-corrected chi connectivity index (χ0v) is 15.1. The van der Waals surface area contributed by atoms with Crippen LogP contribution in [0.3, 0.4) is 0 Å². The van der Waals surface area contributed by atoms with Gasteiger partial charge in [-0.15, -0.1) is 11.3 Å². The molecule has 1 saturated heterocycles. The Balaban J connectivity index is 1.69. The van der Waals surface area contributed by atoms with Crippen LogP contribution in [-0.2, 0) is 17.8 Å². The number of benzene rings is 1. The van der Waals surface area contributed by atoms with E-state index in [2.05, 4.69) is 48.0 Å². The van der Waals surface area contributed by atoms with E-state index in [1.54, 1.807) is 0 Å². The van der Waals surface area contributed by atoms with E-state index in [4.69, 9.17) is 5.11 Å². The molecule has 2 atom stereocenters. The number of carbonyl (C=O) groups is 1. The Morgan fingerprint density at radius 2 is 1.92 bits per heavy atom. The standard InChI is InChI=1S/C19H24N2O2S/c1-13-4-3-5-14(2)21(13)11-15-6-8-16(9-7-15)19-20-17(12-24-19)10-18(22)23/h6-9,12-14H,3-5,10-11H2,1-2H3,(H,22,23). The van der Waals surface area contributed by atoms with Crippen LogP contribution in [0.15, 0.2) is 29.6 Å². The van der Waals surface area contributed by atoms with Gasteiger partial charge < -0.3 is 5.11 Å². The molecule has 1 N–H and O–H groups in total. The Labute approximate surface area is 147 Å². The van der Waals surface area contributed by atoms with Crippen LogP contribution in [0.5, 0.6) is 0 Å². The average molecular weight is 344 g/mol. The molecule has 24 heavy (non-hydrogen) atoms. The third kappa shape index (κ3) is 4.02. The van der Waals surface area contributed by atoms with E-state index >= 15 is 0 Å². The Morgan fingerprint density at radius 3 is 2.54 bits per heavy atom. The van der Waals surface area contributed by atoms with Gasteiger partial charge >= 0.3 is 5.97 Å². The summed E-state index contributed by atoms with van der Waals surface area (Å²) >= 11 is 1.50. The summed E-state index contributed by atoms with van der Waals surface area (Å²) in [6, 6.07) is 9.82. The van der Waals surface area contributed by atoms with Gasteiger partial charge in [0.1, 0.15) is 5.01 Å². The fourth-order valence-electron chi connectivity index (χ4n) is 3.43. The van der Waals surface area contributed by atoms with Crippen LogP contribution < -0.4 is 0 Å². The lowest BCUT2D eigenvalue weighted by molar-refractivity contribution is -0.136. The molecule has 0 bridgehead atoms. The van der Waals surface area contributed by atoms with E-state index in [1.165, 1.54) is 36.2 Å². The summed E-state index contributed by atoms with van der Waals surface area (Å²) in [6.07, 6.45) is 3.89. The van der Waals surface area contributed by atoms with Gasteiger partial charge in [0, 0.05) is 29.6 Å². The number of carboxylic acids is 1. The molecule has 1 aromatic heterocycles. The van der Waals surface area contributed by atoms with Crippen LogP contribution in [0, 0.1) is 0 Å². The molecule has 2 aromatic rings. The zero-order valence-electron chi connectivity index (χ0n) is 14.2. The molecular formula is C19H24N2O2S. The van der Waals surface area contributed by atoms with Gasteiger partial charge in [-0.25, -0.2) is 4.98 Å². The minimum Gasteiger partial charge on any atom is -0.481 e. The number of hydrogen-bond acceptors (Lipinski definition) is 4. The minimum absolute atomic E-state index is 0.0146. The second-order valence-electron chi connectivity index (χ2n) is 6.71. The maximum absolute atomic E-state index is 10.8. The van der Waals surface area contributed by atoms with E-state index in [0.29, 0.717) is 17.8 Å². The number of nitrogens with zero attached hydrogens (tertiary/aromatic N) is 2. The van der Waals surface area contributed by atoms with Gasteiger partial charge in [-0.2, -0.15) is 0 Å². The number of likely N-dealkylation sites (tertiary alicyclic amines) is 1. The van der Waals surface area contributed by atoms with Crippen molar-refractivity contribution in [3.8, 4) is 10.6 Å². The Kier molecular flexibility index (Phi) is 5.31. The molecule has 128 valence electrons. The fourth-order valence-corrected chi connectivity index (χ4v) is 4.25. The first-order valence-corrected chi connectivity index (χ1v) is 9.42. The topological polar surface area (TPSA) is 53.4 Å². The molecule has 0 spiro atoms. The summed E-state index contributed by atoms with van der Waals surface area (Å²) in [7, 11) is 0. The highest BCUT2D eigenvalue weighted by Gasteiger charge is 2.24. The first-order chi connectivity index (χ1) is 11.5. The van der Waals surface area contributed by atoms with Crippen molar-refractivity contribution in [2.45, 2.75) is 58.2 Å². The van der Waals surface area contributed by atoms with Crippen LogP contribution in [0.25, 0.3) is 10.6 Å². The second-order valence-corrected chi connectivity index (χ2v) is 7.57. The lowest BCUT2D eigenvalue weighted by Crippen LogP contribution is -2.42. The predicted octanol–water partition coefficient (Wildman–Crippen LogP) is 4.20. The van der Waals surface area contributed by atoms with E-state index in [0.717, 1.165) is 17.1 Å². The third-order valence-corrected chi connectivity index (χ3v) is 5.77. The number of piperidine rings is 1. The number of aromatic nitrogens is 1. The van der Waals surface area contributed by atoms with Crippen molar-refractivity contribution in [1.82, 2.24) is 9.88 Å². The third-order valence-electron chi connectivity index (χ3n) is 4.83. The summed E-state index contributed by atoms with van der Waals surface area (Å²) in [5, 5.41) is 11.6. The zero-order chi connectivity index (χ0) is 17.1. The van der Waals surface area contributed by atoms with Crippen molar-refractivity contribution in [1.29, 1.82) is 0 Å². The molecule has 3 rings (SSSR count). The molecule has 1 fully saturated rings. The molecular weight excluding hydrogens is 320 g/mol. The maximum atomic E-state index is 10.8. The normalized spacial score (nSPS) is 21.8. The van der Waals surface area contributed by atoms with Crippen LogP contribution >= 0.6 is 11.3 Å². The van der Waals surface area contributed by atoms with Crippen molar-refractivity contribution in [2.75, 3.05) is 0 Å². The molecule has 0 amide bonds. The summed E-state index contributed by atoms with van der Waals surface area (Å²) in [6.45, 7) is 5.64. The molecule has 1 aliphatic rings. The van der Waals surface area contributed by atoms with E-state index in [1.807, 2.05) is 5.38 Å². The highest BCUT2D eigenvalue weighted by Crippen LogP contribution is 2.27. The van der Waals surface area contributed by atoms with Crippen LogP contribution in [0.1, 0.15) is 44.4 Å². The number of thiazole rings is 1. The quantitative estimate of drug-likeness (QED) is 0.883. The van der Waals surface area contributed by atoms with Crippen molar-refractivity contribution in [3.05, 3.63) is 40.9 Å². The highest BCUT2D eigenvalue weighted by molar-refractivity contribution is 7.13. The summed E-state index contributed by atoms with van der Waals surface area (Å²) in [4.78, 5) is 17.8. The smallest absolute Gasteiger partial charge is 0.309 e. The molecule has 1 aromatic carbocycles. The Bertz CT molecular complexity index is 686. The second kappa shape index (κ2) is 7.45. The maximum Gasteiger partial charge on any atom is 0.309 e. The first kappa shape index (κ1) is 17.1. The molecule has 0 saturated carbocycles. The minimum atomic E-state index is -0.841. The molecule has 2 unspecified atom stereocenters. The van der Waals surface area contributed by atoms with Crippen molar-refractivity contribution >= 4 is 17.3 Å². The highest BCUT2D eigenvalue weighted by atomic mass is 32.1. The van der Waals surface area contributed by atoms with E-state index in [-0.39, 0.29) is 6.42 Å². The summed E-state index contributed by atoms with van der Waals surface area (Å²) in [5.74, 6) is -0.841. The van der Waals surface area contributed by atoms with Crippen molar-refractivity contribution in [3.63, 3.8) is 0 Å². The van der Waals surface area contributed by atoms with Crippen molar-refractivity contribution < 1.29 is 9.90 Å². The summed E-state index contributed by atoms with van der Waals surface area (Å²) in [5.41, 5.74) is 3.00. The number of aliphatic carboxylic acids is 1. The van der Waals surface area contributed by atoms with Gasteiger partial charge in [-0.3, -0.25) is 9.69 Å². The largest absolute Gasteiger partial charge is 0.481 e. The molecule has 2 heterocycles. The van der Waals surface area contributed by atoms with E-state index < -0.39 is 5.97 Å². The monoisotopic (exact) mass is 344 g/mol. The Hall–Kier alpha value is -1.72. The van der Waals surface area contributed by atoms with Crippen LogP contribution in [-0.4, -0.2) is 33.0 Å². The first-order valence-electron chi connectivity index (χ1n) is 8.54. The van der Waals surface area contributed by atoms with Gasteiger partial charge in [-0.1, -0.05) is 30.7 Å². The SMILES string of the molecule is CC1CCCC(C)N1Cc1ccc(-c2nc(CC(=O)O)cs2)cc1.